The van der Waals surface area contributed by atoms with Gasteiger partial charge in [-0.25, -0.2) is 4.99 Å². The van der Waals surface area contributed by atoms with E-state index in [1.54, 1.807) is 28.6 Å². The van der Waals surface area contributed by atoms with Crippen LogP contribution in [0.15, 0.2) is 34.1 Å². The van der Waals surface area contributed by atoms with Crippen LogP contribution in [0.2, 0.25) is 0 Å². The number of aromatic amines is 1. The Kier molecular flexibility index (Phi) is 4.71. The molecule has 1 aliphatic rings. The number of nitrogens with two attached hydrogens (primary N) is 1. The number of H-pyrrole nitrogens is 1. The Hall–Kier alpha value is -2.48. The summed E-state index contributed by atoms with van der Waals surface area (Å²) in [6, 6.07) is 7.44. The Morgan fingerprint density at radius 3 is 2.68 bits per heavy atom. The van der Waals surface area contributed by atoms with Gasteiger partial charge in [0.25, 0.3) is 11.5 Å². The van der Waals surface area contributed by atoms with Gasteiger partial charge in [0.1, 0.15) is 5.75 Å². The number of hydrogen-bond acceptors (Lipinski definition) is 5. The molecule has 0 aliphatic carbocycles. The van der Waals surface area contributed by atoms with E-state index in [1.165, 1.54) is 0 Å². The predicted molar refractivity (Wildman–Crippen MR) is 98.8 cm³/mol. The van der Waals surface area contributed by atoms with E-state index in [9.17, 15) is 9.59 Å². The fraction of sp³-hybridized carbons (Fsp3) is 0.353. The van der Waals surface area contributed by atoms with Crippen molar-refractivity contribution >= 4 is 28.5 Å². The molecule has 3 N–H and O–H groups in total. The maximum Gasteiger partial charge on any atom is 0.271 e. The monoisotopic (exact) mass is 360 g/mol. The largest absolute Gasteiger partial charge is 0.484 e. The van der Waals surface area contributed by atoms with Gasteiger partial charge in [-0.15, -0.1) is 0 Å². The zero-order chi connectivity index (χ0) is 18.1. The summed E-state index contributed by atoms with van der Waals surface area (Å²) in [7, 11) is 0. The highest BCUT2D eigenvalue weighted by Gasteiger charge is 2.30. The summed E-state index contributed by atoms with van der Waals surface area (Å²) in [5.74, 6) is 0.725. The van der Waals surface area contributed by atoms with Gasteiger partial charge in [-0.3, -0.25) is 19.4 Å². The summed E-state index contributed by atoms with van der Waals surface area (Å²) in [4.78, 5) is 27.8. The molecule has 0 radical (unpaired) electrons. The van der Waals surface area contributed by atoms with Crippen molar-refractivity contribution in [2.24, 2.45) is 10.7 Å². The van der Waals surface area contributed by atoms with Crippen molar-refractivity contribution in [2.75, 3.05) is 6.61 Å². The average molecular weight is 360 g/mol. The molecule has 0 bridgehead atoms. The molecule has 0 spiro atoms. The van der Waals surface area contributed by atoms with Crippen molar-refractivity contribution in [1.29, 1.82) is 0 Å². The minimum absolute atomic E-state index is 0.112. The second kappa shape index (κ2) is 6.79. The molecule has 8 heteroatoms. The maximum absolute atomic E-state index is 12.5. The molecule has 7 nitrogen and oxygen atoms in total. The minimum Gasteiger partial charge on any atom is -0.484 e. The van der Waals surface area contributed by atoms with Crippen LogP contribution in [0.4, 0.5) is 5.82 Å². The average Bonchev–Trinajstić information content (AvgIpc) is 2.89. The van der Waals surface area contributed by atoms with E-state index in [4.69, 9.17) is 10.5 Å². The van der Waals surface area contributed by atoms with Gasteiger partial charge in [0.15, 0.2) is 12.4 Å². The van der Waals surface area contributed by atoms with Crippen molar-refractivity contribution < 1.29 is 9.53 Å². The number of fused-ring (bicyclic) bond motifs is 1. The van der Waals surface area contributed by atoms with Crippen LogP contribution in [0.25, 0.3) is 0 Å². The highest BCUT2D eigenvalue weighted by molar-refractivity contribution is 8.14. The topological polar surface area (TPSA) is 102 Å². The number of nitrogens with zero attached hydrogens (tertiary/aromatic N) is 2. The standard InChI is InChI=1S/C17H20N4O3S/c1-9(2)21-16-14(17(23)20-21)15(25-10(3)19-16)11-4-6-12(7-5-11)24-8-13(18)22/h4-7,9,15H,8H2,1-3H3,(H2,18,22)(H,20,23)/t15-/m1/s1. The molecule has 132 valence electrons. The van der Waals surface area contributed by atoms with Crippen LogP contribution in [0.3, 0.4) is 0 Å². The number of thioether (sulfide) groups is 1. The van der Waals surface area contributed by atoms with Gasteiger partial charge in [0.05, 0.1) is 15.9 Å². The quantitative estimate of drug-likeness (QED) is 0.855. The third-order valence-corrected chi connectivity index (χ3v) is 5.01. The van der Waals surface area contributed by atoms with Crippen LogP contribution in [0, 0.1) is 0 Å². The third kappa shape index (κ3) is 3.48. The number of ether oxygens (including phenoxy) is 1. The fourth-order valence-corrected chi connectivity index (χ4v) is 3.81. The normalized spacial score (nSPS) is 16.5. The Balaban J connectivity index is 1.96. The molecule has 0 saturated heterocycles. The lowest BCUT2D eigenvalue weighted by Gasteiger charge is -2.21. The molecular weight excluding hydrogens is 340 g/mol. The van der Waals surface area contributed by atoms with Crippen molar-refractivity contribution in [1.82, 2.24) is 9.78 Å². The Morgan fingerprint density at radius 1 is 1.40 bits per heavy atom. The first-order valence-electron chi connectivity index (χ1n) is 7.94. The second-order valence-corrected chi connectivity index (χ2v) is 7.39. The Labute approximate surface area is 149 Å². The predicted octanol–water partition coefficient (Wildman–Crippen LogP) is 2.51. The molecule has 2 aromatic rings. The summed E-state index contributed by atoms with van der Waals surface area (Å²) in [5.41, 5.74) is 6.59. The zero-order valence-electron chi connectivity index (χ0n) is 14.3. The van der Waals surface area contributed by atoms with Gasteiger partial charge >= 0.3 is 0 Å². The summed E-state index contributed by atoms with van der Waals surface area (Å²) < 4.78 is 7.09. The van der Waals surface area contributed by atoms with E-state index in [-0.39, 0.29) is 23.5 Å². The summed E-state index contributed by atoms with van der Waals surface area (Å²) in [5, 5.41) is 3.65. The molecule has 1 aromatic carbocycles. The maximum atomic E-state index is 12.5. The van der Waals surface area contributed by atoms with Crippen LogP contribution < -0.4 is 16.0 Å². The van der Waals surface area contributed by atoms with Gasteiger partial charge in [0.2, 0.25) is 0 Å². The van der Waals surface area contributed by atoms with Crippen LogP contribution in [0.5, 0.6) is 5.75 Å². The number of hydrogen-bond donors (Lipinski definition) is 2. The molecular formula is C17H20N4O3S. The number of aromatic nitrogens is 2. The molecule has 0 fully saturated rings. The van der Waals surface area contributed by atoms with Crippen molar-refractivity contribution in [2.45, 2.75) is 32.1 Å². The number of primary amides is 1. The zero-order valence-corrected chi connectivity index (χ0v) is 15.1. The SMILES string of the molecule is CC1=Nc2c(c(=O)[nH]n2C(C)C)[C@@H](c2ccc(OCC(N)=O)cc2)S1. The van der Waals surface area contributed by atoms with Crippen molar-refractivity contribution in [3.05, 3.63) is 45.7 Å². The molecule has 1 aliphatic heterocycles. The van der Waals surface area contributed by atoms with Gasteiger partial charge in [0, 0.05) is 6.04 Å². The summed E-state index contributed by atoms with van der Waals surface area (Å²) in [6.07, 6.45) is 0. The highest BCUT2D eigenvalue weighted by Crippen LogP contribution is 2.44. The van der Waals surface area contributed by atoms with Gasteiger partial charge in [-0.2, -0.15) is 0 Å². The smallest absolute Gasteiger partial charge is 0.271 e. The number of nitrogens with one attached hydrogen (secondary N) is 1. The molecule has 25 heavy (non-hydrogen) atoms. The van der Waals surface area contributed by atoms with E-state index in [0.717, 1.165) is 10.6 Å². The summed E-state index contributed by atoms with van der Waals surface area (Å²) >= 11 is 1.55. The Morgan fingerprint density at radius 2 is 2.08 bits per heavy atom. The van der Waals surface area contributed by atoms with E-state index in [0.29, 0.717) is 17.1 Å². The minimum atomic E-state index is -0.523. The van der Waals surface area contributed by atoms with Gasteiger partial charge in [-0.05, 0) is 38.5 Å². The molecule has 0 saturated carbocycles. The number of carbonyl (C=O) groups is 1. The van der Waals surface area contributed by atoms with Crippen LogP contribution in [-0.4, -0.2) is 27.3 Å². The molecule has 3 rings (SSSR count). The van der Waals surface area contributed by atoms with Crippen LogP contribution in [-0.2, 0) is 4.79 Å². The van der Waals surface area contributed by atoms with Crippen molar-refractivity contribution in [3.63, 3.8) is 0 Å². The molecule has 1 aromatic heterocycles. The first-order valence-corrected chi connectivity index (χ1v) is 8.82. The van der Waals surface area contributed by atoms with Crippen molar-refractivity contribution in [3.8, 4) is 5.75 Å². The number of rotatable bonds is 5. The molecule has 0 unspecified atom stereocenters. The van der Waals surface area contributed by atoms with E-state index < -0.39 is 5.91 Å². The highest BCUT2D eigenvalue weighted by atomic mass is 32.2. The van der Waals surface area contributed by atoms with E-state index in [2.05, 4.69) is 10.1 Å². The lowest BCUT2D eigenvalue weighted by molar-refractivity contribution is -0.119. The molecule has 2 heterocycles. The Bertz CT molecular complexity index is 880. The molecule has 1 amide bonds. The fourth-order valence-electron chi connectivity index (χ4n) is 2.71. The number of carbonyl (C=O) groups excluding carboxylic acids is 1. The molecule has 1 atom stereocenters. The van der Waals surface area contributed by atoms with Gasteiger partial charge < -0.3 is 10.5 Å². The lowest BCUT2D eigenvalue weighted by atomic mass is 10.1. The lowest BCUT2D eigenvalue weighted by Crippen LogP contribution is -2.20. The van der Waals surface area contributed by atoms with Gasteiger partial charge in [-0.1, -0.05) is 23.9 Å². The third-order valence-electron chi connectivity index (χ3n) is 3.83. The number of benzene rings is 1. The van der Waals surface area contributed by atoms with E-state index >= 15 is 0 Å². The second-order valence-electron chi connectivity index (χ2n) is 6.09. The van der Waals surface area contributed by atoms with Crippen LogP contribution >= 0.6 is 11.8 Å². The first-order chi connectivity index (χ1) is 11.9. The van der Waals surface area contributed by atoms with Crippen LogP contribution in [0.1, 0.15) is 43.2 Å². The first kappa shape index (κ1) is 17.3. The number of aliphatic imine (C=N–C) groups is 1. The summed E-state index contributed by atoms with van der Waals surface area (Å²) in [6.45, 7) is 5.78. The van der Waals surface area contributed by atoms with E-state index in [1.807, 2.05) is 32.9 Å². The number of amides is 1.